The van der Waals surface area contributed by atoms with E-state index >= 15 is 0 Å². The minimum absolute atomic E-state index is 0.0586. The number of aliphatic imine (C=N–C) groups is 1. The van der Waals surface area contributed by atoms with Gasteiger partial charge in [0.05, 0.1) is 12.2 Å². The average molecular weight is 297 g/mol. The molecule has 0 aromatic rings. The van der Waals surface area contributed by atoms with E-state index < -0.39 is 0 Å². The van der Waals surface area contributed by atoms with Crippen molar-refractivity contribution in [2.24, 2.45) is 16.3 Å². The number of ether oxygens (including phenoxy) is 2. The molecule has 2 fully saturated rings. The Kier molecular flexibility index (Phi) is 5.15. The largest absolute Gasteiger partial charge is 0.379 e. The number of nitrogens with zero attached hydrogens (tertiary/aromatic N) is 1. The van der Waals surface area contributed by atoms with Crippen molar-refractivity contribution in [3.05, 3.63) is 0 Å². The fourth-order valence-electron chi connectivity index (χ4n) is 2.86. The normalized spacial score (nSPS) is 31.7. The molecular weight excluding hydrogens is 266 g/mol. The fraction of sp³-hybridized carbons (Fsp3) is 0.938. The zero-order chi connectivity index (χ0) is 15.5. The third-order valence-corrected chi connectivity index (χ3v) is 5.40. The van der Waals surface area contributed by atoms with Crippen LogP contribution in [0.4, 0.5) is 0 Å². The Morgan fingerprint density at radius 1 is 1.29 bits per heavy atom. The second-order valence-electron chi connectivity index (χ2n) is 7.07. The van der Waals surface area contributed by atoms with Gasteiger partial charge in [-0.05, 0) is 32.1 Å². The Labute approximate surface area is 128 Å². The summed E-state index contributed by atoms with van der Waals surface area (Å²) in [6.07, 6.45) is 3.67. The Bertz CT molecular complexity index is 380. The van der Waals surface area contributed by atoms with Gasteiger partial charge in [-0.15, -0.1) is 0 Å². The van der Waals surface area contributed by atoms with Crippen molar-refractivity contribution in [1.82, 2.24) is 10.6 Å². The van der Waals surface area contributed by atoms with Crippen molar-refractivity contribution < 1.29 is 9.47 Å². The van der Waals surface area contributed by atoms with Gasteiger partial charge in [0.2, 0.25) is 0 Å². The van der Waals surface area contributed by atoms with Crippen LogP contribution in [0.3, 0.4) is 0 Å². The first-order valence-corrected chi connectivity index (χ1v) is 8.03. The van der Waals surface area contributed by atoms with Gasteiger partial charge in [0, 0.05) is 38.8 Å². The molecule has 0 aliphatic heterocycles. The smallest absolute Gasteiger partial charge is 0.191 e. The Morgan fingerprint density at radius 2 is 2.00 bits per heavy atom. The molecule has 0 saturated heterocycles. The van der Waals surface area contributed by atoms with Crippen molar-refractivity contribution in [3.63, 3.8) is 0 Å². The molecule has 2 N–H and O–H groups in total. The van der Waals surface area contributed by atoms with Gasteiger partial charge in [0.25, 0.3) is 0 Å². The summed E-state index contributed by atoms with van der Waals surface area (Å²) in [5.41, 5.74) is 0.0265. The van der Waals surface area contributed by atoms with E-state index in [2.05, 4.69) is 36.4 Å². The van der Waals surface area contributed by atoms with Gasteiger partial charge in [0.15, 0.2) is 5.96 Å². The number of guanidine groups is 1. The summed E-state index contributed by atoms with van der Waals surface area (Å²) in [6, 6.07) is 0.376. The summed E-state index contributed by atoms with van der Waals surface area (Å²) in [5, 5.41) is 6.82. The van der Waals surface area contributed by atoms with Gasteiger partial charge in [-0.1, -0.05) is 13.8 Å². The van der Waals surface area contributed by atoms with Crippen LogP contribution in [0, 0.1) is 11.3 Å². The maximum Gasteiger partial charge on any atom is 0.191 e. The zero-order valence-corrected chi connectivity index (χ0v) is 14.2. The number of nitrogens with one attached hydrogen (secondary N) is 2. The number of rotatable bonds is 7. The van der Waals surface area contributed by atoms with E-state index in [9.17, 15) is 0 Å². The topological polar surface area (TPSA) is 54.9 Å². The second kappa shape index (κ2) is 6.53. The first-order valence-electron chi connectivity index (χ1n) is 8.03. The average Bonchev–Trinajstić information content (AvgIpc) is 3.28. The van der Waals surface area contributed by atoms with Crippen LogP contribution >= 0.6 is 0 Å². The summed E-state index contributed by atoms with van der Waals surface area (Å²) in [4.78, 5) is 4.29. The Balaban J connectivity index is 1.68. The molecule has 2 saturated carbocycles. The van der Waals surface area contributed by atoms with E-state index in [1.54, 1.807) is 7.11 Å². The Hall–Kier alpha value is -0.810. The predicted octanol–water partition coefficient (Wildman–Crippen LogP) is 1.78. The summed E-state index contributed by atoms with van der Waals surface area (Å²) in [7, 11) is 3.60. The van der Waals surface area contributed by atoms with Gasteiger partial charge in [-0.2, -0.15) is 0 Å². The molecule has 5 heteroatoms. The monoisotopic (exact) mass is 297 g/mol. The predicted molar refractivity (Wildman–Crippen MR) is 85.6 cm³/mol. The first-order chi connectivity index (χ1) is 9.93. The standard InChI is InChI=1S/C16H31N3O2/c1-15(2)13(10-16(15,3)20-5)19-14(17-4)18-8-9-21-11-12-6-7-12/h12-13H,6-11H2,1-5H3,(H2,17,18,19). The van der Waals surface area contributed by atoms with Crippen LogP contribution in [-0.2, 0) is 9.47 Å². The molecule has 122 valence electrons. The van der Waals surface area contributed by atoms with Crippen LogP contribution in [0.1, 0.15) is 40.0 Å². The fourth-order valence-corrected chi connectivity index (χ4v) is 2.86. The lowest BCUT2D eigenvalue weighted by atomic mass is 9.56. The molecule has 0 radical (unpaired) electrons. The van der Waals surface area contributed by atoms with Crippen molar-refractivity contribution in [3.8, 4) is 0 Å². The van der Waals surface area contributed by atoms with Gasteiger partial charge in [-0.25, -0.2) is 0 Å². The van der Waals surface area contributed by atoms with Gasteiger partial charge >= 0.3 is 0 Å². The zero-order valence-electron chi connectivity index (χ0n) is 14.2. The first kappa shape index (κ1) is 16.6. The van der Waals surface area contributed by atoms with E-state index in [-0.39, 0.29) is 11.0 Å². The van der Waals surface area contributed by atoms with Crippen LogP contribution in [0.15, 0.2) is 4.99 Å². The summed E-state index contributed by atoms with van der Waals surface area (Å²) >= 11 is 0. The lowest BCUT2D eigenvalue weighted by Crippen LogP contribution is -2.69. The van der Waals surface area contributed by atoms with E-state index in [4.69, 9.17) is 9.47 Å². The number of hydrogen-bond donors (Lipinski definition) is 2. The highest BCUT2D eigenvalue weighted by Crippen LogP contribution is 2.51. The molecule has 0 aromatic carbocycles. The molecule has 0 aromatic heterocycles. The van der Waals surface area contributed by atoms with Gasteiger partial charge < -0.3 is 20.1 Å². The molecule has 0 amide bonds. The van der Waals surface area contributed by atoms with Gasteiger partial charge in [-0.3, -0.25) is 4.99 Å². The lowest BCUT2D eigenvalue weighted by molar-refractivity contribution is -0.176. The summed E-state index contributed by atoms with van der Waals surface area (Å²) < 4.78 is 11.3. The lowest BCUT2D eigenvalue weighted by Gasteiger charge is -2.59. The summed E-state index contributed by atoms with van der Waals surface area (Å²) in [5.74, 6) is 1.67. The molecule has 2 aliphatic carbocycles. The minimum Gasteiger partial charge on any atom is -0.379 e. The highest BCUT2D eigenvalue weighted by molar-refractivity contribution is 5.80. The molecule has 5 nitrogen and oxygen atoms in total. The highest BCUT2D eigenvalue weighted by atomic mass is 16.5. The Morgan fingerprint density at radius 3 is 2.52 bits per heavy atom. The van der Waals surface area contributed by atoms with Crippen LogP contribution in [0.2, 0.25) is 0 Å². The molecule has 2 unspecified atom stereocenters. The van der Waals surface area contributed by atoms with Crippen molar-refractivity contribution in [2.45, 2.75) is 51.7 Å². The van der Waals surface area contributed by atoms with Crippen LogP contribution < -0.4 is 10.6 Å². The van der Waals surface area contributed by atoms with E-state index in [0.717, 1.165) is 38.1 Å². The quantitative estimate of drug-likeness (QED) is 0.427. The van der Waals surface area contributed by atoms with E-state index in [1.807, 2.05) is 7.05 Å². The maximum atomic E-state index is 5.66. The molecule has 2 atom stereocenters. The minimum atomic E-state index is -0.0586. The molecule has 0 spiro atoms. The van der Waals surface area contributed by atoms with E-state index in [1.165, 1.54) is 12.8 Å². The molecule has 21 heavy (non-hydrogen) atoms. The highest BCUT2D eigenvalue weighted by Gasteiger charge is 2.58. The third-order valence-electron chi connectivity index (χ3n) is 5.40. The second-order valence-corrected chi connectivity index (χ2v) is 7.07. The van der Waals surface area contributed by atoms with Gasteiger partial charge in [0.1, 0.15) is 0 Å². The summed E-state index contributed by atoms with van der Waals surface area (Å²) in [6.45, 7) is 9.10. The number of methoxy groups -OCH3 is 1. The molecule has 2 rings (SSSR count). The van der Waals surface area contributed by atoms with Crippen LogP contribution in [0.25, 0.3) is 0 Å². The molecule has 0 bridgehead atoms. The van der Waals surface area contributed by atoms with E-state index in [0.29, 0.717) is 6.04 Å². The number of hydrogen-bond acceptors (Lipinski definition) is 3. The van der Waals surface area contributed by atoms with Crippen LogP contribution in [-0.4, -0.2) is 51.5 Å². The SMILES string of the molecule is CN=C(NCCOCC1CC1)NC1CC(C)(OC)C1(C)C. The van der Waals surface area contributed by atoms with Crippen molar-refractivity contribution in [1.29, 1.82) is 0 Å². The third kappa shape index (κ3) is 3.69. The van der Waals surface area contributed by atoms with Crippen LogP contribution in [0.5, 0.6) is 0 Å². The van der Waals surface area contributed by atoms with Crippen molar-refractivity contribution in [2.75, 3.05) is 33.9 Å². The maximum absolute atomic E-state index is 5.66. The van der Waals surface area contributed by atoms with Crippen molar-refractivity contribution >= 4 is 5.96 Å². The molecular formula is C16H31N3O2. The molecule has 2 aliphatic rings. The molecule has 0 heterocycles.